The zero-order valence-electron chi connectivity index (χ0n) is 21.3. The summed E-state index contributed by atoms with van der Waals surface area (Å²) >= 11 is 0. The quantitative estimate of drug-likeness (QED) is 0.384. The van der Waals surface area contributed by atoms with Gasteiger partial charge in [-0.05, 0) is 80.6 Å². The van der Waals surface area contributed by atoms with Gasteiger partial charge in [0.25, 0.3) is 0 Å². The van der Waals surface area contributed by atoms with E-state index in [4.69, 9.17) is 10.1 Å². The molecule has 2 aliphatic rings. The smallest absolute Gasteiger partial charge is 0.229 e. The fourth-order valence-electron chi connectivity index (χ4n) is 5.59. The van der Waals surface area contributed by atoms with E-state index in [1.807, 2.05) is 17.9 Å². The van der Waals surface area contributed by atoms with E-state index < -0.39 is 0 Å². The van der Waals surface area contributed by atoms with Gasteiger partial charge in [0.05, 0.1) is 5.39 Å². The number of hydrogen-bond donors (Lipinski definition) is 3. The monoisotopic (exact) mass is 482 g/mol. The van der Waals surface area contributed by atoms with Crippen molar-refractivity contribution < 1.29 is 0 Å². The Bertz CT molecular complexity index is 1380. The molecule has 0 bridgehead atoms. The number of benzene rings is 2. The van der Waals surface area contributed by atoms with Crippen LogP contribution in [0, 0.1) is 13.8 Å². The predicted molar refractivity (Wildman–Crippen MR) is 145 cm³/mol. The molecule has 0 unspecified atom stereocenters. The molecule has 0 atom stereocenters. The van der Waals surface area contributed by atoms with Crippen LogP contribution in [-0.4, -0.2) is 50.3 Å². The second kappa shape index (κ2) is 9.52. The van der Waals surface area contributed by atoms with Gasteiger partial charge in [-0.1, -0.05) is 24.3 Å². The summed E-state index contributed by atoms with van der Waals surface area (Å²) < 4.78 is 1.81. The van der Waals surface area contributed by atoms with Gasteiger partial charge in [0.15, 0.2) is 11.5 Å². The van der Waals surface area contributed by atoms with Crippen LogP contribution < -0.4 is 16.0 Å². The molecule has 4 aromatic rings. The van der Waals surface area contributed by atoms with Gasteiger partial charge < -0.3 is 16.0 Å². The number of aryl methyl sites for hydroxylation is 3. The Balaban J connectivity index is 1.22. The van der Waals surface area contributed by atoms with E-state index in [0.717, 1.165) is 60.8 Å². The first-order valence-electron chi connectivity index (χ1n) is 12.9. The molecule has 1 fully saturated rings. The largest absolute Gasteiger partial charge is 0.338 e. The van der Waals surface area contributed by atoms with Crippen molar-refractivity contribution in [2.75, 3.05) is 30.3 Å². The van der Waals surface area contributed by atoms with Gasteiger partial charge >= 0.3 is 0 Å². The summed E-state index contributed by atoms with van der Waals surface area (Å²) in [6, 6.07) is 13.6. The summed E-state index contributed by atoms with van der Waals surface area (Å²) in [6.07, 6.45) is 5.45. The van der Waals surface area contributed by atoms with E-state index in [1.54, 1.807) is 0 Å². The summed E-state index contributed by atoms with van der Waals surface area (Å²) in [5.74, 6) is 1.35. The molecule has 0 radical (unpaired) electrons. The second-order valence-electron chi connectivity index (χ2n) is 10.1. The first kappa shape index (κ1) is 22.9. The van der Waals surface area contributed by atoms with Crippen LogP contribution in [0.2, 0.25) is 0 Å². The van der Waals surface area contributed by atoms with Crippen LogP contribution in [0.5, 0.6) is 0 Å². The number of rotatable bonds is 5. The second-order valence-corrected chi connectivity index (χ2v) is 10.1. The third-order valence-electron chi connectivity index (χ3n) is 7.63. The summed E-state index contributed by atoms with van der Waals surface area (Å²) in [4.78, 5) is 12.1. The number of anilines is 4. The van der Waals surface area contributed by atoms with Gasteiger partial charge in [0.1, 0.15) is 0 Å². The van der Waals surface area contributed by atoms with Crippen molar-refractivity contribution in [3.8, 4) is 0 Å². The summed E-state index contributed by atoms with van der Waals surface area (Å²) in [5.41, 5.74) is 8.11. The van der Waals surface area contributed by atoms with Crippen molar-refractivity contribution in [3.05, 3.63) is 64.8 Å². The molecule has 1 saturated heterocycles. The van der Waals surface area contributed by atoms with Crippen LogP contribution >= 0.6 is 0 Å². The lowest BCUT2D eigenvalue weighted by atomic mass is 9.95. The maximum Gasteiger partial charge on any atom is 0.229 e. The lowest BCUT2D eigenvalue weighted by molar-refractivity contribution is 0.147. The summed E-state index contributed by atoms with van der Waals surface area (Å²) in [6.45, 7) is 8.64. The molecule has 2 aromatic carbocycles. The number of hydrogen-bond acceptors (Lipinski definition) is 7. The highest BCUT2D eigenvalue weighted by atomic mass is 15.3. The molecule has 6 rings (SSSR count). The minimum absolute atomic E-state index is 0.579. The molecule has 36 heavy (non-hydrogen) atoms. The topological polar surface area (TPSA) is 82.9 Å². The summed E-state index contributed by atoms with van der Waals surface area (Å²) in [5, 5.41) is 16.0. The molecule has 8 nitrogen and oxygen atoms in total. The number of fused-ring (bicyclic) bond motifs is 2. The van der Waals surface area contributed by atoms with E-state index in [1.165, 1.54) is 35.1 Å². The molecular formula is C28H34N8. The first-order valence-corrected chi connectivity index (χ1v) is 12.9. The van der Waals surface area contributed by atoms with Crippen molar-refractivity contribution in [1.82, 2.24) is 30.0 Å². The van der Waals surface area contributed by atoms with E-state index in [0.29, 0.717) is 12.0 Å². The zero-order chi connectivity index (χ0) is 24.6. The fraction of sp³-hybridized carbons (Fsp3) is 0.393. The molecular weight excluding hydrogens is 448 g/mol. The number of nitrogens with one attached hydrogen (secondary N) is 3. The molecule has 186 valence electrons. The molecule has 3 N–H and O–H groups in total. The Labute approximate surface area is 212 Å². The highest BCUT2D eigenvalue weighted by Crippen LogP contribution is 2.30. The Hall–Kier alpha value is -3.49. The van der Waals surface area contributed by atoms with Crippen molar-refractivity contribution >= 4 is 34.2 Å². The standard InChI is InChI=1S/C28H34N8/c1-18-5-4-6-19(2)25(18)32-26-24-16-30-28(33-27(24)35(3)34-26)31-22-8-7-20-11-14-36(17-21(20)15-22)23-9-12-29-13-10-23/h4-8,15-16,23,29H,9-14,17H2,1-3H3,(H,32,34)(H,30,31,33). The lowest BCUT2D eigenvalue weighted by Crippen LogP contribution is -2.45. The van der Waals surface area contributed by atoms with Crippen molar-refractivity contribution in [2.24, 2.45) is 7.05 Å². The third-order valence-corrected chi connectivity index (χ3v) is 7.63. The summed E-state index contributed by atoms with van der Waals surface area (Å²) in [7, 11) is 1.92. The molecule has 0 amide bonds. The van der Waals surface area contributed by atoms with Crippen molar-refractivity contribution in [1.29, 1.82) is 0 Å². The van der Waals surface area contributed by atoms with E-state index >= 15 is 0 Å². The fourth-order valence-corrected chi connectivity index (χ4v) is 5.59. The van der Waals surface area contributed by atoms with Crippen LogP contribution in [0.1, 0.15) is 35.1 Å². The van der Waals surface area contributed by atoms with Crippen LogP contribution in [0.15, 0.2) is 42.6 Å². The normalized spacial score (nSPS) is 16.8. The van der Waals surface area contributed by atoms with Crippen molar-refractivity contribution in [3.63, 3.8) is 0 Å². The molecule has 2 aromatic heterocycles. The number of aromatic nitrogens is 4. The minimum atomic E-state index is 0.579. The maximum atomic E-state index is 4.80. The van der Waals surface area contributed by atoms with Gasteiger partial charge in [-0.2, -0.15) is 10.1 Å². The number of piperidine rings is 1. The molecule has 0 saturated carbocycles. The van der Waals surface area contributed by atoms with Gasteiger partial charge in [0.2, 0.25) is 5.95 Å². The van der Waals surface area contributed by atoms with Crippen LogP contribution in [0.25, 0.3) is 11.0 Å². The van der Waals surface area contributed by atoms with Crippen LogP contribution in [0.4, 0.5) is 23.1 Å². The third kappa shape index (κ3) is 4.42. The minimum Gasteiger partial charge on any atom is -0.338 e. The van der Waals surface area contributed by atoms with Gasteiger partial charge in [-0.25, -0.2) is 9.67 Å². The Morgan fingerprint density at radius 1 is 1.00 bits per heavy atom. The first-order chi connectivity index (χ1) is 17.5. The Morgan fingerprint density at radius 2 is 1.81 bits per heavy atom. The van der Waals surface area contributed by atoms with E-state index in [-0.39, 0.29) is 0 Å². The van der Waals surface area contributed by atoms with Crippen LogP contribution in [0.3, 0.4) is 0 Å². The van der Waals surface area contributed by atoms with Crippen molar-refractivity contribution in [2.45, 2.75) is 45.7 Å². The average molecular weight is 483 g/mol. The highest BCUT2D eigenvalue weighted by molar-refractivity contribution is 5.90. The molecule has 8 heteroatoms. The van der Waals surface area contributed by atoms with E-state index in [9.17, 15) is 0 Å². The number of para-hydroxylation sites is 1. The van der Waals surface area contributed by atoms with Gasteiger partial charge in [-0.3, -0.25) is 4.90 Å². The lowest BCUT2D eigenvalue weighted by Gasteiger charge is -2.38. The van der Waals surface area contributed by atoms with Gasteiger partial charge in [-0.15, -0.1) is 0 Å². The Morgan fingerprint density at radius 3 is 2.61 bits per heavy atom. The predicted octanol–water partition coefficient (Wildman–Crippen LogP) is 4.58. The average Bonchev–Trinajstić information content (AvgIpc) is 3.21. The molecule has 0 spiro atoms. The molecule has 0 aliphatic carbocycles. The Kier molecular flexibility index (Phi) is 6.07. The number of nitrogens with zero attached hydrogens (tertiary/aromatic N) is 5. The SMILES string of the molecule is Cc1cccc(C)c1Nc1nn(C)c2nc(Nc3ccc4c(c3)CN(C3CCNCC3)CC4)ncc12. The molecule has 2 aliphatic heterocycles. The highest BCUT2D eigenvalue weighted by Gasteiger charge is 2.25. The van der Waals surface area contributed by atoms with Gasteiger partial charge in [0, 0.05) is 43.8 Å². The van der Waals surface area contributed by atoms with Crippen LogP contribution in [-0.2, 0) is 20.0 Å². The molecule has 4 heterocycles. The zero-order valence-corrected chi connectivity index (χ0v) is 21.3. The van der Waals surface area contributed by atoms with E-state index in [2.05, 4.69) is 76.1 Å². The maximum absolute atomic E-state index is 4.80.